The minimum Gasteiger partial charge on any atom is -0.450 e. The van der Waals surface area contributed by atoms with Crippen LogP contribution in [0.5, 0.6) is 0 Å². The van der Waals surface area contributed by atoms with Crippen LogP contribution in [0.15, 0.2) is 61.5 Å². The summed E-state index contributed by atoms with van der Waals surface area (Å²) >= 11 is 4.61. The molecule has 5 nitrogen and oxygen atoms in total. The molecule has 1 aliphatic heterocycles. The van der Waals surface area contributed by atoms with Crippen molar-refractivity contribution in [1.29, 1.82) is 0 Å². The Morgan fingerprint density at radius 2 is 2.00 bits per heavy atom. The number of nitrogens with zero attached hydrogens (tertiary/aromatic N) is 2. The van der Waals surface area contributed by atoms with E-state index < -0.39 is 17.8 Å². The van der Waals surface area contributed by atoms with Crippen LogP contribution in [0.25, 0.3) is 11.0 Å². The molecule has 5 rings (SSSR count). The summed E-state index contributed by atoms with van der Waals surface area (Å²) in [4.78, 5) is 32.4. The average Bonchev–Trinajstić information content (AvgIpc) is 3.24. The van der Waals surface area contributed by atoms with Crippen molar-refractivity contribution < 1.29 is 13.6 Å². The van der Waals surface area contributed by atoms with Crippen molar-refractivity contribution in [2.45, 2.75) is 13.0 Å². The van der Waals surface area contributed by atoms with E-state index in [-0.39, 0.29) is 22.3 Å². The number of hydrogen-bond acceptors (Lipinski definition) is 5. The fourth-order valence-corrected chi connectivity index (χ4v) is 4.77. The van der Waals surface area contributed by atoms with Crippen LogP contribution in [0.2, 0.25) is 0 Å². The molecule has 0 fully saturated rings. The Morgan fingerprint density at radius 3 is 2.72 bits per heavy atom. The third kappa shape index (κ3) is 2.74. The van der Waals surface area contributed by atoms with Gasteiger partial charge in [0.05, 0.1) is 16.6 Å². The molecule has 1 aliphatic rings. The first-order chi connectivity index (χ1) is 14.0. The number of aromatic nitrogens is 1. The van der Waals surface area contributed by atoms with Crippen molar-refractivity contribution in [3.63, 3.8) is 0 Å². The largest absolute Gasteiger partial charge is 0.450 e. The summed E-state index contributed by atoms with van der Waals surface area (Å²) in [5, 5.41) is 2.51. The standard InChI is InChI=1S/C21H12BrFN2O3S/c1-10-9-29-21(24-10)25-17(12-4-2-3-5-14(12)23)16-18(26)13-8-11(22)6-7-15(13)28-19(16)20(25)27/h2-9,17H,1H3. The van der Waals surface area contributed by atoms with Crippen LogP contribution in [-0.2, 0) is 0 Å². The molecule has 2 aromatic heterocycles. The lowest BCUT2D eigenvalue weighted by atomic mass is 9.98. The number of carbonyl (C=O) groups excluding carboxylic acids is 1. The first kappa shape index (κ1) is 18.2. The van der Waals surface area contributed by atoms with E-state index in [1.807, 2.05) is 0 Å². The summed E-state index contributed by atoms with van der Waals surface area (Å²) in [6, 6.07) is 10.2. The van der Waals surface area contributed by atoms with Crippen LogP contribution in [-0.4, -0.2) is 10.9 Å². The van der Waals surface area contributed by atoms with Gasteiger partial charge in [0.25, 0.3) is 5.91 Å². The maximum absolute atomic E-state index is 14.8. The monoisotopic (exact) mass is 470 g/mol. The number of halogens is 2. The summed E-state index contributed by atoms with van der Waals surface area (Å²) in [5.41, 5.74) is 1.01. The number of fused-ring (bicyclic) bond motifs is 2. The Kier molecular flexibility index (Phi) is 4.15. The van der Waals surface area contributed by atoms with Crippen molar-refractivity contribution in [2.75, 3.05) is 4.90 Å². The van der Waals surface area contributed by atoms with Crippen LogP contribution in [0.4, 0.5) is 9.52 Å². The maximum atomic E-state index is 14.8. The SMILES string of the molecule is Cc1csc(N2C(=O)c3oc4ccc(Br)cc4c(=O)c3C2c2ccccc2F)n1. The maximum Gasteiger partial charge on any atom is 0.297 e. The van der Waals surface area contributed by atoms with Gasteiger partial charge in [0.15, 0.2) is 10.6 Å². The van der Waals surface area contributed by atoms with Crippen LogP contribution >= 0.6 is 27.3 Å². The molecule has 1 atom stereocenters. The van der Waals surface area contributed by atoms with Crippen LogP contribution in [0, 0.1) is 12.7 Å². The van der Waals surface area contributed by atoms with Crippen molar-refractivity contribution in [1.82, 2.24) is 4.98 Å². The van der Waals surface area contributed by atoms with E-state index in [9.17, 15) is 14.0 Å². The molecule has 8 heteroatoms. The Hall–Kier alpha value is -2.84. The number of carbonyl (C=O) groups is 1. The number of rotatable bonds is 2. The summed E-state index contributed by atoms with van der Waals surface area (Å²) in [6.07, 6.45) is 0. The van der Waals surface area contributed by atoms with Gasteiger partial charge in [-0.2, -0.15) is 0 Å². The summed E-state index contributed by atoms with van der Waals surface area (Å²) in [6.45, 7) is 1.81. The minimum atomic E-state index is -0.955. The molecule has 4 aromatic rings. The second kappa shape index (κ2) is 6.60. The molecule has 0 saturated heterocycles. The lowest BCUT2D eigenvalue weighted by molar-refractivity contribution is 0.0970. The fourth-order valence-electron chi connectivity index (χ4n) is 3.59. The van der Waals surface area contributed by atoms with Gasteiger partial charge in [0.2, 0.25) is 5.76 Å². The van der Waals surface area contributed by atoms with Gasteiger partial charge in [0.1, 0.15) is 17.4 Å². The van der Waals surface area contributed by atoms with Crippen molar-refractivity contribution >= 4 is 49.3 Å². The van der Waals surface area contributed by atoms with Crippen molar-refractivity contribution in [2.24, 2.45) is 0 Å². The van der Waals surface area contributed by atoms with Gasteiger partial charge in [-0.05, 0) is 31.2 Å². The molecule has 1 unspecified atom stereocenters. The smallest absolute Gasteiger partial charge is 0.297 e. The topological polar surface area (TPSA) is 63.4 Å². The molecule has 0 spiro atoms. The van der Waals surface area contributed by atoms with Crippen LogP contribution in [0.1, 0.15) is 33.4 Å². The Morgan fingerprint density at radius 1 is 1.21 bits per heavy atom. The molecule has 2 aromatic carbocycles. The van der Waals surface area contributed by atoms with E-state index in [4.69, 9.17) is 4.42 Å². The Balaban J connectivity index is 1.86. The third-order valence-electron chi connectivity index (χ3n) is 4.84. The molecule has 0 aliphatic carbocycles. The number of hydrogen-bond donors (Lipinski definition) is 0. The molecule has 1 amide bonds. The number of aryl methyl sites for hydroxylation is 1. The van der Waals surface area contributed by atoms with Gasteiger partial charge in [-0.25, -0.2) is 9.37 Å². The summed E-state index contributed by atoms with van der Waals surface area (Å²) in [7, 11) is 0. The molecule has 0 radical (unpaired) electrons. The number of anilines is 1. The van der Waals surface area contributed by atoms with Gasteiger partial charge in [-0.1, -0.05) is 34.1 Å². The zero-order valence-corrected chi connectivity index (χ0v) is 17.4. The molecule has 0 saturated carbocycles. The lowest BCUT2D eigenvalue weighted by Crippen LogP contribution is -2.30. The molecule has 3 heterocycles. The molecule has 29 heavy (non-hydrogen) atoms. The number of amides is 1. The normalized spacial score (nSPS) is 15.9. The van der Waals surface area contributed by atoms with Gasteiger partial charge in [-0.15, -0.1) is 11.3 Å². The molecular weight excluding hydrogens is 459 g/mol. The first-order valence-corrected chi connectivity index (χ1v) is 10.4. The van der Waals surface area contributed by atoms with Gasteiger partial charge in [-0.3, -0.25) is 14.5 Å². The van der Waals surface area contributed by atoms with E-state index in [0.717, 1.165) is 5.69 Å². The zero-order valence-electron chi connectivity index (χ0n) is 15.0. The predicted molar refractivity (Wildman–Crippen MR) is 112 cm³/mol. The van der Waals surface area contributed by atoms with Crippen LogP contribution < -0.4 is 10.3 Å². The van der Waals surface area contributed by atoms with E-state index >= 15 is 0 Å². The minimum absolute atomic E-state index is 0.0778. The van der Waals surface area contributed by atoms with Crippen molar-refractivity contribution in [3.8, 4) is 0 Å². The lowest BCUT2D eigenvalue weighted by Gasteiger charge is -2.22. The molecule has 0 N–H and O–H groups in total. The zero-order chi connectivity index (χ0) is 20.3. The first-order valence-electron chi connectivity index (χ1n) is 8.72. The quantitative estimate of drug-likeness (QED) is 0.403. The summed E-state index contributed by atoms with van der Waals surface area (Å²) in [5.74, 6) is -1.10. The highest BCUT2D eigenvalue weighted by molar-refractivity contribution is 9.10. The average molecular weight is 471 g/mol. The van der Waals surface area contributed by atoms with Crippen molar-refractivity contribution in [3.05, 3.63) is 90.9 Å². The second-order valence-corrected chi connectivity index (χ2v) is 8.44. The van der Waals surface area contributed by atoms with Crippen LogP contribution in [0.3, 0.4) is 0 Å². The Bertz CT molecular complexity index is 1360. The van der Waals surface area contributed by atoms with E-state index in [1.165, 1.54) is 22.3 Å². The van der Waals surface area contributed by atoms with E-state index in [1.54, 1.807) is 48.7 Å². The Labute approximate surface area is 176 Å². The highest BCUT2D eigenvalue weighted by atomic mass is 79.9. The number of benzene rings is 2. The van der Waals surface area contributed by atoms with Gasteiger partial charge >= 0.3 is 0 Å². The predicted octanol–water partition coefficient (Wildman–Crippen LogP) is 5.21. The highest BCUT2D eigenvalue weighted by Gasteiger charge is 2.45. The fraction of sp³-hybridized carbons (Fsp3) is 0.0952. The van der Waals surface area contributed by atoms with Gasteiger partial charge in [0, 0.05) is 15.4 Å². The molecule has 144 valence electrons. The molecular formula is C21H12BrFN2O3S. The second-order valence-electron chi connectivity index (χ2n) is 6.69. The van der Waals surface area contributed by atoms with E-state index in [0.29, 0.717) is 20.6 Å². The third-order valence-corrected chi connectivity index (χ3v) is 6.30. The molecule has 0 bridgehead atoms. The van der Waals surface area contributed by atoms with Gasteiger partial charge < -0.3 is 4.42 Å². The van der Waals surface area contributed by atoms with E-state index in [2.05, 4.69) is 20.9 Å². The number of thiazole rings is 1. The highest BCUT2D eigenvalue weighted by Crippen LogP contribution is 2.42. The summed E-state index contributed by atoms with van der Waals surface area (Å²) < 4.78 is 21.3.